The van der Waals surface area contributed by atoms with Gasteiger partial charge in [-0.05, 0) is 44.5 Å². The van der Waals surface area contributed by atoms with E-state index in [0.717, 1.165) is 70.1 Å². The predicted molar refractivity (Wildman–Crippen MR) is 130 cm³/mol. The summed E-state index contributed by atoms with van der Waals surface area (Å²) in [7, 11) is 0. The summed E-state index contributed by atoms with van der Waals surface area (Å²) in [5.74, 6) is -2.14. The van der Waals surface area contributed by atoms with Crippen LogP contribution in [0.25, 0.3) is 0 Å². The second-order valence-corrected chi connectivity index (χ2v) is 9.99. The summed E-state index contributed by atoms with van der Waals surface area (Å²) in [6, 6.07) is 4.29. The van der Waals surface area contributed by atoms with E-state index >= 15 is 0 Å². The fourth-order valence-electron chi connectivity index (χ4n) is 5.70. The van der Waals surface area contributed by atoms with Crippen molar-refractivity contribution in [3.8, 4) is 0 Å². The number of rotatable bonds is 6. The Morgan fingerprint density at radius 1 is 0.889 bits per heavy atom. The van der Waals surface area contributed by atoms with Crippen LogP contribution in [0.15, 0.2) is 18.2 Å². The SMILES string of the molecule is NC(=O)C1CCN(CCN2CCN(c3cccc4c3C(=O)N(C3CCC(=O)NC3=O)C4=O)CC2)CC1. The van der Waals surface area contributed by atoms with Gasteiger partial charge in [-0.25, -0.2) is 0 Å². The molecule has 1 unspecified atom stereocenters. The highest BCUT2D eigenvalue weighted by Crippen LogP contribution is 2.34. The molecule has 192 valence electrons. The van der Waals surface area contributed by atoms with Crippen LogP contribution in [0.2, 0.25) is 0 Å². The molecule has 11 nitrogen and oxygen atoms in total. The second kappa shape index (κ2) is 9.98. The molecule has 1 atom stereocenters. The topological polar surface area (TPSA) is 136 Å². The van der Waals surface area contributed by atoms with Gasteiger partial charge in [0.2, 0.25) is 17.7 Å². The normalized spacial score (nSPS) is 24.3. The van der Waals surface area contributed by atoms with Crippen LogP contribution >= 0.6 is 0 Å². The molecule has 0 spiro atoms. The molecular weight excluding hydrogens is 464 g/mol. The molecule has 4 aliphatic heterocycles. The smallest absolute Gasteiger partial charge is 0.264 e. The molecule has 3 saturated heterocycles. The van der Waals surface area contributed by atoms with Crippen LogP contribution in [-0.2, 0) is 14.4 Å². The molecule has 0 radical (unpaired) electrons. The molecule has 1 aromatic carbocycles. The summed E-state index contributed by atoms with van der Waals surface area (Å²) in [5, 5.41) is 2.24. The van der Waals surface area contributed by atoms with Gasteiger partial charge in [-0.2, -0.15) is 0 Å². The zero-order chi connectivity index (χ0) is 25.4. The number of anilines is 1. The second-order valence-electron chi connectivity index (χ2n) is 9.99. The van der Waals surface area contributed by atoms with Crippen molar-refractivity contribution in [2.75, 3.05) is 57.3 Å². The Hall–Kier alpha value is -3.31. The lowest BCUT2D eigenvalue weighted by molar-refractivity contribution is -0.136. The first-order chi connectivity index (χ1) is 17.3. The first-order valence-corrected chi connectivity index (χ1v) is 12.7. The van der Waals surface area contributed by atoms with E-state index in [0.29, 0.717) is 16.8 Å². The van der Waals surface area contributed by atoms with Gasteiger partial charge in [0.1, 0.15) is 6.04 Å². The highest BCUT2D eigenvalue weighted by atomic mass is 16.2. The van der Waals surface area contributed by atoms with Crippen molar-refractivity contribution < 1.29 is 24.0 Å². The first-order valence-electron chi connectivity index (χ1n) is 12.7. The number of likely N-dealkylation sites (tertiary alicyclic amines) is 1. The van der Waals surface area contributed by atoms with E-state index < -0.39 is 23.8 Å². The molecule has 3 N–H and O–H groups in total. The molecule has 3 fully saturated rings. The summed E-state index contributed by atoms with van der Waals surface area (Å²) < 4.78 is 0. The number of nitrogens with zero attached hydrogens (tertiary/aromatic N) is 4. The Kier molecular flexibility index (Phi) is 6.76. The summed E-state index contributed by atoms with van der Waals surface area (Å²) in [4.78, 5) is 69.6. The molecule has 4 heterocycles. The first kappa shape index (κ1) is 24.4. The van der Waals surface area contributed by atoms with Gasteiger partial charge in [-0.15, -0.1) is 0 Å². The van der Waals surface area contributed by atoms with Crippen LogP contribution in [-0.4, -0.2) is 103 Å². The van der Waals surface area contributed by atoms with Crippen molar-refractivity contribution in [2.24, 2.45) is 11.7 Å². The van der Waals surface area contributed by atoms with Crippen LogP contribution in [0.4, 0.5) is 5.69 Å². The number of imide groups is 2. The molecule has 0 aromatic heterocycles. The summed E-state index contributed by atoms with van der Waals surface area (Å²) >= 11 is 0. The fourth-order valence-corrected chi connectivity index (χ4v) is 5.70. The Balaban J connectivity index is 1.19. The van der Waals surface area contributed by atoms with E-state index in [1.165, 1.54) is 0 Å². The van der Waals surface area contributed by atoms with Crippen molar-refractivity contribution in [1.29, 1.82) is 0 Å². The highest BCUT2D eigenvalue weighted by molar-refractivity contribution is 6.25. The lowest BCUT2D eigenvalue weighted by Crippen LogP contribution is -2.54. The van der Waals surface area contributed by atoms with E-state index in [1.807, 2.05) is 6.07 Å². The van der Waals surface area contributed by atoms with Gasteiger partial charge in [0.15, 0.2) is 0 Å². The van der Waals surface area contributed by atoms with Gasteiger partial charge >= 0.3 is 0 Å². The van der Waals surface area contributed by atoms with Gasteiger partial charge in [-0.1, -0.05) is 6.07 Å². The molecule has 0 bridgehead atoms. The van der Waals surface area contributed by atoms with E-state index in [1.54, 1.807) is 12.1 Å². The number of hydrogen-bond donors (Lipinski definition) is 2. The van der Waals surface area contributed by atoms with Crippen molar-refractivity contribution in [3.63, 3.8) is 0 Å². The number of benzene rings is 1. The molecular formula is C25H32N6O5. The Bertz CT molecular complexity index is 1090. The standard InChI is InChI=1S/C25H32N6O5/c26-22(33)16-6-8-28(9-7-16)10-11-29-12-14-30(15-13-29)18-3-1-2-17-21(18)25(36)31(24(17)35)19-4-5-20(32)27-23(19)34/h1-3,16,19H,4-15H2,(H2,26,33)(H,27,32,34). The van der Waals surface area contributed by atoms with E-state index in [2.05, 4.69) is 20.0 Å². The highest BCUT2D eigenvalue weighted by Gasteiger charge is 2.46. The monoisotopic (exact) mass is 496 g/mol. The minimum atomic E-state index is -0.965. The number of nitrogens with two attached hydrogens (primary N) is 1. The Morgan fingerprint density at radius 3 is 2.19 bits per heavy atom. The Morgan fingerprint density at radius 2 is 1.56 bits per heavy atom. The number of piperazine rings is 1. The summed E-state index contributed by atoms with van der Waals surface area (Å²) in [6.07, 6.45) is 1.89. The fraction of sp³-hybridized carbons (Fsp3) is 0.560. The molecule has 1 aromatic rings. The predicted octanol–water partition coefficient (Wildman–Crippen LogP) is -0.593. The number of nitrogens with one attached hydrogen (secondary N) is 1. The van der Waals surface area contributed by atoms with Crippen molar-refractivity contribution in [1.82, 2.24) is 20.0 Å². The lowest BCUT2D eigenvalue weighted by atomic mass is 9.96. The van der Waals surface area contributed by atoms with Gasteiger partial charge in [-0.3, -0.25) is 39.1 Å². The number of carbonyl (C=O) groups excluding carboxylic acids is 5. The summed E-state index contributed by atoms with van der Waals surface area (Å²) in [6.45, 7) is 6.77. The maximum Gasteiger partial charge on any atom is 0.264 e. The number of carbonyl (C=O) groups is 5. The van der Waals surface area contributed by atoms with Crippen LogP contribution < -0.4 is 16.0 Å². The summed E-state index contributed by atoms with van der Waals surface area (Å²) in [5.41, 5.74) is 6.80. The minimum Gasteiger partial charge on any atom is -0.369 e. The lowest BCUT2D eigenvalue weighted by Gasteiger charge is -2.38. The van der Waals surface area contributed by atoms with Crippen molar-refractivity contribution in [2.45, 2.75) is 31.7 Å². The third kappa shape index (κ3) is 4.60. The van der Waals surface area contributed by atoms with Crippen LogP contribution in [0.1, 0.15) is 46.4 Å². The number of fused-ring (bicyclic) bond motifs is 1. The van der Waals surface area contributed by atoms with E-state index in [9.17, 15) is 24.0 Å². The minimum absolute atomic E-state index is 0.00194. The van der Waals surface area contributed by atoms with Gasteiger partial charge in [0.05, 0.1) is 16.8 Å². The molecule has 5 rings (SSSR count). The van der Waals surface area contributed by atoms with E-state index in [4.69, 9.17) is 5.73 Å². The van der Waals surface area contributed by atoms with Gasteiger partial charge in [0, 0.05) is 51.6 Å². The third-order valence-electron chi connectivity index (χ3n) is 7.88. The zero-order valence-electron chi connectivity index (χ0n) is 20.3. The van der Waals surface area contributed by atoms with Crippen molar-refractivity contribution in [3.05, 3.63) is 29.3 Å². The maximum atomic E-state index is 13.4. The average Bonchev–Trinajstić information content (AvgIpc) is 3.13. The molecule has 11 heteroatoms. The molecule has 4 aliphatic rings. The average molecular weight is 497 g/mol. The molecule has 36 heavy (non-hydrogen) atoms. The third-order valence-corrected chi connectivity index (χ3v) is 7.88. The van der Waals surface area contributed by atoms with E-state index in [-0.39, 0.29) is 30.6 Å². The zero-order valence-corrected chi connectivity index (χ0v) is 20.3. The van der Waals surface area contributed by atoms with Crippen LogP contribution in [0.3, 0.4) is 0 Å². The number of piperidine rings is 2. The molecule has 0 saturated carbocycles. The number of primary amides is 1. The Labute approximate surface area is 209 Å². The number of amides is 5. The molecule has 5 amide bonds. The molecule has 0 aliphatic carbocycles. The quantitative estimate of drug-likeness (QED) is 0.499. The van der Waals surface area contributed by atoms with Crippen LogP contribution in [0, 0.1) is 5.92 Å². The van der Waals surface area contributed by atoms with Crippen molar-refractivity contribution >= 4 is 35.2 Å². The van der Waals surface area contributed by atoms with Crippen LogP contribution in [0.5, 0.6) is 0 Å². The maximum absolute atomic E-state index is 13.4. The van der Waals surface area contributed by atoms with Gasteiger partial charge in [0.25, 0.3) is 11.8 Å². The van der Waals surface area contributed by atoms with Gasteiger partial charge < -0.3 is 15.5 Å². The number of hydrogen-bond acceptors (Lipinski definition) is 8. The largest absolute Gasteiger partial charge is 0.369 e.